The van der Waals surface area contributed by atoms with E-state index in [0.29, 0.717) is 16.5 Å². The molecule has 0 saturated carbocycles. The van der Waals surface area contributed by atoms with Gasteiger partial charge in [-0.15, -0.1) is 0 Å². The lowest BCUT2D eigenvalue weighted by Gasteiger charge is -2.10. The summed E-state index contributed by atoms with van der Waals surface area (Å²) in [6, 6.07) is 5.06. The summed E-state index contributed by atoms with van der Waals surface area (Å²) in [6.45, 7) is 0.723. The molecule has 1 aliphatic rings. The largest absolute Gasteiger partial charge is 0.380 e. The molecule has 1 heterocycles. The molecule has 2 atom stereocenters. The zero-order valence-electron chi connectivity index (χ0n) is 10.1. The monoisotopic (exact) mass is 287 g/mol. The number of carbonyl (C=O) groups is 1. The van der Waals surface area contributed by atoms with E-state index in [-0.39, 0.29) is 17.9 Å². The fourth-order valence-electron chi connectivity index (χ4n) is 2.10. The second-order valence-electron chi connectivity index (χ2n) is 4.43. The maximum absolute atomic E-state index is 12.1. The lowest BCUT2D eigenvalue weighted by atomic mass is 10.0. The molecule has 0 spiro atoms. The first-order chi connectivity index (χ1) is 8.60. The van der Waals surface area contributed by atoms with Crippen molar-refractivity contribution in [3.8, 4) is 0 Å². The highest BCUT2D eigenvalue weighted by Gasteiger charge is 2.29. The summed E-state index contributed by atoms with van der Waals surface area (Å²) in [4.78, 5) is 12.1. The van der Waals surface area contributed by atoms with E-state index < -0.39 is 0 Å². The molecule has 1 aromatic carbocycles. The van der Waals surface area contributed by atoms with Crippen molar-refractivity contribution < 1.29 is 9.53 Å². The van der Waals surface area contributed by atoms with Crippen LogP contribution >= 0.6 is 23.2 Å². The molecule has 5 heteroatoms. The van der Waals surface area contributed by atoms with E-state index in [1.807, 2.05) is 0 Å². The van der Waals surface area contributed by atoms with Crippen molar-refractivity contribution in [1.29, 1.82) is 0 Å². The molecule has 18 heavy (non-hydrogen) atoms. The van der Waals surface area contributed by atoms with E-state index in [9.17, 15) is 4.79 Å². The van der Waals surface area contributed by atoms with Gasteiger partial charge >= 0.3 is 0 Å². The number of nitrogens with one attached hydrogen (secondary N) is 1. The van der Waals surface area contributed by atoms with Crippen LogP contribution in [-0.4, -0.2) is 31.6 Å². The third kappa shape index (κ3) is 3.23. The highest BCUT2D eigenvalue weighted by atomic mass is 35.5. The Labute approximate surface area is 116 Å². The van der Waals surface area contributed by atoms with Gasteiger partial charge in [0.15, 0.2) is 5.78 Å². The zero-order valence-corrected chi connectivity index (χ0v) is 11.6. The number of hydrogen-bond acceptors (Lipinski definition) is 3. The summed E-state index contributed by atoms with van der Waals surface area (Å²) >= 11 is 11.9. The number of rotatable bonds is 4. The Hall–Kier alpha value is -0.610. The molecular formula is C13H15Cl2NO2. The second kappa shape index (κ2) is 6.02. The number of benzene rings is 1. The number of hydrogen-bond donors (Lipinski definition) is 1. The van der Waals surface area contributed by atoms with Gasteiger partial charge in [0.25, 0.3) is 0 Å². The van der Waals surface area contributed by atoms with Crippen LogP contribution in [0.5, 0.6) is 0 Å². The molecule has 1 saturated heterocycles. The molecule has 1 N–H and O–H groups in total. The van der Waals surface area contributed by atoms with Gasteiger partial charge in [0.2, 0.25) is 0 Å². The SMILES string of the molecule is COC1CNC(C(=O)Cc2ccc(Cl)cc2Cl)C1. The summed E-state index contributed by atoms with van der Waals surface area (Å²) in [5.74, 6) is 0.138. The predicted octanol–water partition coefficient (Wildman–Crippen LogP) is 2.48. The molecular weight excluding hydrogens is 273 g/mol. The van der Waals surface area contributed by atoms with E-state index in [0.717, 1.165) is 18.5 Å². The van der Waals surface area contributed by atoms with Gasteiger partial charge in [-0.3, -0.25) is 4.79 Å². The van der Waals surface area contributed by atoms with E-state index in [2.05, 4.69) is 5.32 Å². The fourth-order valence-corrected chi connectivity index (χ4v) is 2.58. The van der Waals surface area contributed by atoms with Crippen LogP contribution in [0.1, 0.15) is 12.0 Å². The maximum atomic E-state index is 12.1. The Morgan fingerprint density at radius 1 is 1.50 bits per heavy atom. The first-order valence-electron chi connectivity index (χ1n) is 5.83. The van der Waals surface area contributed by atoms with Crippen molar-refractivity contribution in [3.05, 3.63) is 33.8 Å². The van der Waals surface area contributed by atoms with Gasteiger partial charge in [0.05, 0.1) is 12.1 Å². The molecule has 1 aromatic rings. The van der Waals surface area contributed by atoms with Gasteiger partial charge in [-0.2, -0.15) is 0 Å². The molecule has 1 fully saturated rings. The molecule has 0 amide bonds. The molecule has 0 bridgehead atoms. The lowest BCUT2D eigenvalue weighted by molar-refractivity contribution is -0.120. The predicted molar refractivity (Wildman–Crippen MR) is 72.4 cm³/mol. The van der Waals surface area contributed by atoms with E-state index in [1.54, 1.807) is 25.3 Å². The highest BCUT2D eigenvalue weighted by Crippen LogP contribution is 2.22. The van der Waals surface area contributed by atoms with Crippen LogP contribution in [0.4, 0.5) is 0 Å². The number of ketones is 1. The average Bonchev–Trinajstić information content (AvgIpc) is 2.81. The summed E-state index contributed by atoms with van der Waals surface area (Å²) in [6.07, 6.45) is 1.17. The third-order valence-electron chi connectivity index (χ3n) is 3.19. The highest BCUT2D eigenvalue weighted by molar-refractivity contribution is 6.35. The van der Waals surface area contributed by atoms with Gasteiger partial charge in [0.1, 0.15) is 0 Å². The van der Waals surface area contributed by atoms with Gasteiger partial charge in [0, 0.05) is 30.1 Å². The van der Waals surface area contributed by atoms with Gasteiger partial charge in [-0.25, -0.2) is 0 Å². The van der Waals surface area contributed by atoms with Gasteiger partial charge in [-0.05, 0) is 24.1 Å². The summed E-state index contributed by atoms with van der Waals surface area (Å²) in [5, 5.41) is 4.28. The summed E-state index contributed by atoms with van der Waals surface area (Å²) in [7, 11) is 1.66. The molecule has 0 aliphatic carbocycles. The standard InChI is InChI=1S/C13H15Cl2NO2/c1-18-10-6-12(16-7-10)13(17)4-8-2-3-9(14)5-11(8)15/h2-3,5,10,12,16H,4,6-7H2,1H3. The molecule has 2 rings (SSSR count). The van der Waals surface area contributed by atoms with Crippen LogP contribution < -0.4 is 5.32 Å². The van der Waals surface area contributed by atoms with Crippen molar-refractivity contribution in [2.75, 3.05) is 13.7 Å². The van der Waals surface area contributed by atoms with Crippen LogP contribution in [0.2, 0.25) is 10.0 Å². The summed E-state index contributed by atoms with van der Waals surface area (Å²) < 4.78 is 5.22. The second-order valence-corrected chi connectivity index (χ2v) is 5.28. The van der Waals surface area contributed by atoms with Gasteiger partial charge in [-0.1, -0.05) is 29.3 Å². The van der Waals surface area contributed by atoms with Crippen molar-refractivity contribution >= 4 is 29.0 Å². The number of ether oxygens (including phenoxy) is 1. The minimum Gasteiger partial charge on any atom is -0.380 e. The fraction of sp³-hybridized carbons (Fsp3) is 0.462. The number of carbonyl (C=O) groups excluding carboxylic acids is 1. The number of Topliss-reactive ketones (excluding diaryl/α,β-unsaturated/α-hetero) is 1. The van der Waals surface area contributed by atoms with Crippen LogP contribution in [-0.2, 0) is 16.0 Å². The first-order valence-corrected chi connectivity index (χ1v) is 6.58. The van der Waals surface area contributed by atoms with E-state index in [1.165, 1.54) is 0 Å². The molecule has 0 aromatic heterocycles. The maximum Gasteiger partial charge on any atom is 0.154 e. The zero-order chi connectivity index (χ0) is 13.1. The van der Waals surface area contributed by atoms with Crippen molar-refractivity contribution in [3.63, 3.8) is 0 Å². The Morgan fingerprint density at radius 2 is 2.28 bits per heavy atom. The minimum absolute atomic E-state index is 0.125. The average molecular weight is 288 g/mol. The number of halogens is 2. The molecule has 1 aliphatic heterocycles. The van der Waals surface area contributed by atoms with Crippen molar-refractivity contribution in [2.24, 2.45) is 0 Å². The van der Waals surface area contributed by atoms with Crippen LogP contribution in [0.15, 0.2) is 18.2 Å². The van der Waals surface area contributed by atoms with Gasteiger partial charge < -0.3 is 10.1 Å². The quantitative estimate of drug-likeness (QED) is 0.925. The molecule has 3 nitrogen and oxygen atoms in total. The van der Waals surface area contributed by atoms with Crippen LogP contribution in [0.25, 0.3) is 0 Å². The van der Waals surface area contributed by atoms with E-state index >= 15 is 0 Å². The summed E-state index contributed by atoms with van der Waals surface area (Å²) in [5.41, 5.74) is 0.814. The topological polar surface area (TPSA) is 38.3 Å². The normalized spacial score (nSPS) is 23.3. The minimum atomic E-state index is -0.137. The van der Waals surface area contributed by atoms with Crippen molar-refractivity contribution in [1.82, 2.24) is 5.32 Å². The molecule has 2 unspecified atom stereocenters. The van der Waals surface area contributed by atoms with E-state index in [4.69, 9.17) is 27.9 Å². The van der Waals surface area contributed by atoms with Crippen LogP contribution in [0.3, 0.4) is 0 Å². The third-order valence-corrected chi connectivity index (χ3v) is 3.78. The smallest absolute Gasteiger partial charge is 0.154 e. The molecule has 0 radical (unpaired) electrons. The number of methoxy groups -OCH3 is 1. The Balaban J connectivity index is 1.99. The first kappa shape index (κ1) is 13.8. The lowest BCUT2D eigenvalue weighted by Crippen LogP contribution is -2.31. The Kier molecular flexibility index (Phi) is 4.62. The Morgan fingerprint density at radius 3 is 2.89 bits per heavy atom. The molecule has 98 valence electrons. The van der Waals surface area contributed by atoms with Crippen LogP contribution in [0, 0.1) is 0 Å². The van der Waals surface area contributed by atoms with Crippen molar-refractivity contribution in [2.45, 2.75) is 25.0 Å². The Bertz CT molecular complexity index is 451.